The van der Waals surface area contributed by atoms with Crippen molar-refractivity contribution >= 4 is 33.3 Å². The van der Waals surface area contributed by atoms with E-state index in [0.717, 1.165) is 26.9 Å². The molecule has 0 fully saturated rings. The summed E-state index contributed by atoms with van der Waals surface area (Å²) in [6, 6.07) is 13.6. The van der Waals surface area contributed by atoms with Crippen LogP contribution in [-0.2, 0) is 12.3 Å². The maximum Gasteiger partial charge on any atom is 0.260 e. The molecule has 29 heavy (non-hydrogen) atoms. The Morgan fingerprint density at radius 2 is 2.07 bits per heavy atom. The van der Waals surface area contributed by atoms with Crippen LogP contribution in [0.5, 0.6) is 0 Å². The first-order valence-electron chi connectivity index (χ1n) is 8.87. The zero-order valence-electron chi connectivity index (χ0n) is 15.1. The number of aromatic nitrogens is 5. The smallest absolute Gasteiger partial charge is 0.260 e. The summed E-state index contributed by atoms with van der Waals surface area (Å²) in [4.78, 5) is 21.1. The third-order valence-electron chi connectivity index (χ3n) is 4.40. The molecule has 0 saturated heterocycles. The van der Waals surface area contributed by atoms with Crippen LogP contribution in [0.15, 0.2) is 74.8 Å². The Kier molecular flexibility index (Phi) is 4.74. The van der Waals surface area contributed by atoms with E-state index >= 15 is 0 Å². The molecule has 0 saturated carbocycles. The minimum Gasteiger partial charge on any atom is -0.467 e. The van der Waals surface area contributed by atoms with Crippen LogP contribution in [0.1, 0.15) is 11.6 Å². The van der Waals surface area contributed by atoms with Gasteiger partial charge in [-0.3, -0.25) is 4.79 Å². The van der Waals surface area contributed by atoms with Crippen molar-refractivity contribution in [2.24, 2.45) is 0 Å². The highest BCUT2D eigenvalue weighted by atomic mass is 32.2. The maximum atomic E-state index is 12.8. The van der Waals surface area contributed by atoms with Gasteiger partial charge in [0.25, 0.3) is 5.56 Å². The molecule has 7 nitrogen and oxygen atoms in total. The van der Waals surface area contributed by atoms with Gasteiger partial charge in [0.15, 0.2) is 5.16 Å². The van der Waals surface area contributed by atoms with Crippen LogP contribution >= 0.6 is 23.1 Å². The fourth-order valence-electron chi connectivity index (χ4n) is 3.06. The summed E-state index contributed by atoms with van der Waals surface area (Å²) in [7, 11) is 0. The standard InChI is InChI=1S/C20H15N5O2S2/c26-18-17-15(13-5-2-1-3-6-13)10-28-19(17)23-16(22-18)11-29-20-24-21-12-25(20)9-14-7-4-8-27-14/h1-8,10,12H,9,11H2,(H,22,23,26). The lowest BCUT2D eigenvalue weighted by Crippen LogP contribution is -2.11. The predicted molar refractivity (Wildman–Crippen MR) is 113 cm³/mol. The fraction of sp³-hybridized carbons (Fsp3) is 0.100. The normalized spacial score (nSPS) is 11.3. The summed E-state index contributed by atoms with van der Waals surface area (Å²) < 4.78 is 7.28. The second kappa shape index (κ2) is 7.69. The van der Waals surface area contributed by atoms with Gasteiger partial charge in [-0.15, -0.1) is 21.5 Å². The summed E-state index contributed by atoms with van der Waals surface area (Å²) >= 11 is 2.95. The van der Waals surface area contributed by atoms with Crippen molar-refractivity contribution in [3.05, 3.63) is 82.4 Å². The van der Waals surface area contributed by atoms with Crippen molar-refractivity contribution in [2.75, 3.05) is 0 Å². The molecular weight excluding hydrogens is 406 g/mol. The second-order valence-electron chi connectivity index (χ2n) is 6.32. The first-order valence-corrected chi connectivity index (χ1v) is 10.7. The van der Waals surface area contributed by atoms with E-state index in [0.29, 0.717) is 23.5 Å². The molecule has 0 radical (unpaired) electrons. The molecule has 0 aliphatic rings. The average molecular weight is 422 g/mol. The molecule has 9 heteroatoms. The van der Waals surface area contributed by atoms with Crippen LogP contribution in [-0.4, -0.2) is 24.7 Å². The molecule has 1 N–H and O–H groups in total. The molecule has 0 amide bonds. The topological polar surface area (TPSA) is 89.6 Å². The summed E-state index contributed by atoms with van der Waals surface area (Å²) in [5.41, 5.74) is 1.80. The highest BCUT2D eigenvalue weighted by molar-refractivity contribution is 7.98. The van der Waals surface area contributed by atoms with Crippen molar-refractivity contribution < 1.29 is 4.42 Å². The number of nitrogens with one attached hydrogen (secondary N) is 1. The van der Waals surface area contributed by atoms with Crippen molar-refractivity contribution in [2.45, 2.75) is 17.5 Å². The Morgan fingerprint density at radius 1 is 1.17 bits per heavy atom. The van der Waals surface area contributed by atoms with E-state index in [2.05, 4.69) is 20.2 Å². The molecule has 0 aliphatic carbocycles. The lowest BCUT2D eigenvalue weighted by atomic mass is 10.1. The Balaban J connectivity index is 1.39. The van der Waals surface area contributed by atoms with Crippen LogP contribution in [0.2, 0.25) is 0 Å². The molecule has 1 aromatic carbocycles. The van der Waals surface area contributed by atoms with Crippen molar-refractivity contribution in [3.63, 3.8) is 0 Å². The predicted octanol–water partition coefficient (Wildman–Crippen LogP) is 4.18. The summed E-state index contributed by atoms with van der Waals surface area (Å²) in [6.45, 7) is 0.552. The molecule has 4 heterocycles. The monoisotopic (exact) mass is 421 g/mol. The fourth-order valence-corrected chi connectivity index (χ4v) is 4.81. The Labute approximate surface area is 173 Å². The minimum atomic E-state index is -0.122. The zero-order chi connectivity index (χ0) is 19.6. The molecular formula is C20H15N5O2S2. The van der Waals surface area contributed by atoms with Crippen LogP contribution in [0.25, 0.3) is 21.3 Å². The molecule has 5 aromatic rings. The first kappa shape index (κ1) is 17.9. The van der Waals surface area contributed by atoms with E-state index in [9.17, 15) is 4.79 Å². The number of nitrogens with zero attached hydrogens (tertiary/aromatic N) is 4. The minimum absolute atomic E-state index is 0.122. The van der Waals surface area contributed by atoms with Gasteiger partial charge >= 0.3 is 0 Å². The van der Waals surface area contributed by atoms with Gasteiger partial charge in [0.1, 0.15) is 22.7 Å². The molecule has 0 atom stereocenters. The Bertz CT molecular complexity index is 1310. The number of thiophene rings is 1. The maximum absolute atomic E-state index is 12.8. The highest BCUT2D eigenvalue weighted by Gasteiger charge is 2.14. The number of aromatic amines is 1. The molecule has 4 aromatic heterocycles. The van der Waals surface area contributed by atoms with E-state index < -0.39 is 0 Å². The molecule has 0 unspecified atom stereocenters. The van der Waals surface area contributed by atoms with Crippen LogP contribution in [0.4, 0.5) is 0 Å². The first-order chi connectivity index (χ1) is 14.3. The number of H-pyrrole nitrogens is 1. The van der Waals surface area contributed by atoms with Gasteiger partial charge in [-0.1, -0.05) is 42.1 Å². The molecule has 5 rings (SSSR count). The lowest BCUT2D eigenvalue weighted by molar-refractivity contribution is 0.484. The Morgan fingerprint density at radius 3 is 2.90 bits per heavy atom. The molecule has 0 spiro atoms. The number of furan rings is 1. The number of hydrogen-bond donors (Lipinski definition) is 1. The van der Waals surface area contributed by atoms with E-state index in [4.69, 9.17) is 4.42 Å². The van der Waals surface area contributed by atoms with Gasteiger partial charge in [-0.2, -0.15) is 0 Å². The number of thioether (sulfide) groups is 1. The van der Waals surface area contributed by atoms with Gasteiger partial charge in [-0.05, 0) is 17.7 Å². The number of benzene rings is 1. The number of rotatable bonds is 6. The molecule has 0 aliphatic heterocycles. The van der Waals surface area contributed by atoms with Gasteiger partial charge in [0.05, 0.1) is 23.9 Å². The molecule has 0 bridgehead atoms. The number of hydrogen-bond acceptors (Lipinski definition) is 7. The average Bonchev–Trinajstić information content (AvgIpc) is 3.49. The van der Waals surface area contributed by atoms with E-state index in [1.54, 1.807) is 12.6 Å². The van der Waals surface area contributed by atoms with E-state index in [1.165, 1.54) is 23.1 Å². The zero-order valence-corrected chi connectivity index (χ0v) is 16.7. The SMILES string of the molecule is O=c1[nH]c(CSc2nncn2Cc2ccco2)nc2scc(-c3ccccc3)c12. The van der Waals surface area contributed by atoms with Crippen LogP contribution in [0, 0.1) is 0 Å². The summed E-state index contributed by atoms with van der Waals surface area (Å²) in [5, 5.41) is 11.5. The van der Waals surface area contributed by atoms with Crippen LogP contribution < -0.4 is 5.56 Å². The van der Waals surface area contributed by atoms with Crippen molar-refractivity contribution in [1.82, 2.24) is 24.7 Å². The Hall–Kier alpha value is -3.17. The largest absolute Gasteiger partial charge is 0.467 e. The van der Waals surface area contributed by atoms with Crippen molar-refractivity contribution in [1.29, 1.82) is 0 Å². The van der Waals surface area contributed by atoms with Gasteiger partial charge in [0.2, 0.25) is 0 Å². The summed E-state index contributed by atoms with van der Waals surface area (Å²) in [5.74, 6) is 1.92. The lowest BCUT2D eigenvalue weighted by Gasteiger charge is -2.05. The van der Waals surface area contributed by atoms with Gasteiger partial charge < -0.3 is 14.0 Å². The third-order valence-corrected chi connectivity index (χ3v) is 6.27. The van der Waals surface area contributed by atoms with Gasteiger partial charge in [-0.25, -0.2) is 4.98 Å². The second-order valence-corrected chi connectivity index (χ2v) is 8.12. The third kappa shape index (κ3) is 3.62. The number of fused-ring (bicyclic) bond motifs is 1. The van der Waals surface area contributed by atoms with Crippen LogP contribution in [0.3, 0.4) is 0 Å². The van der Waals surface area contributed by atoms with Gasteiger partial charge in [0, 0.05) is 10.9 Å². The van der Waals surface area contributed by atoms with E-state index in [1.807, 2.05) is 52.4 Å². The van der Waals surface area contributed by atoms with E-state index in [-0.39, 0.29) is 5.56 Å². The molecule has 144 valence electrons. The van der Waals surface area contributed by atoms with Crippen molar-refractivity contribution in [3.8, 4) is 11.1 Å². The highest BCUT2D eigenvalue weighted by Crippen LogP contribution is 2.31. The quantitative estimate of drug-likeness (QED) is 0.414. The summed E-state index contributed by atoms with van der Waals surface area (Å²) in [6.07, 6.45) is 3.30.